The summed E-state index contributed by atoms with van der Waals surface area (Å²) in [5, 5.41) is 3.29. The second-order valence-electron chi connectivity index (χ2n) is 5.09. The lowest BCUT2D eigenvalue weighted by Gasteiger charge is -2.09. The van der Waals surface area contributed by atoms with Gasteiger partial charge in [-0.3, -0.25) is 0 Å². The Labute approximate surface area is 108 Å². The van der Waals surface area contributed by atoms with Crippen LogP contribution < -0.4 is 5.32 Å². The van der Waals surface area contributed by atoms with Gasteiger partial charge in [0.15, 0.2) is 9.84 Å². The molecule has 1 fully saturated rings. The van der Waals surface area contributed by atoms with Crippen LogP contribution in [0.4, 0.5) is 0 Å². The van der Waals surface area contributed by atoms with E-state index in [0.717, 1.165) is 12.1 Å². The molecule has 1 saturated heterocycles. The van der Waals surface area contributed by atoms with Crippen molar-refractivity contribution in [1.82, 2.24) is 15.3 Å². The Morgan fingerprint density at radius 3 is 2.56 bits per heavy atom. The Morgan fingerprint density at radius 2 is 2.06 bits per heavy atom. The molecule has 0 aliphatic carbocycles. The highest BCUT2D eigenvalue weighted by Crippen LogP contribution is 2.25. The molecule has 1 aromatic rings. The van der Waals surface area contributed by atoms with Crippen molar-refractivity contribution in [1.29, 1.82) is 0 Å². The van der Waals surface area contributed by atoms with Gasteiger partial charge in [0.25, 0.3) is 0 Å². The van der Waals surface area contributed by atoms with Gasteiger partial charge >= 0.3 is 0 Å². The summed E-state index contributed by atoms with van der Waals surface area (Å²) in [5.74, 6) is 1.08. The van der Waals surface area contributed by atoms with Crippen molar-refractivity contribution in [3.05, 3.63) is 23.8 Å². The number of nitrogens with zero attached hydrogens (tertiary/aromatic N) is 2. The van der Waals surface area contributed by atoms with Crippen LogP contribution in [0.25, 0.3) is 0 Å². The molecule has 2 heterocycles. The van der Waals surface area contributed by atoms with E-state index in [9.17, 15) is 8.42 Å². The molecule has 18 heavy (non-hydrogen) atoms. The van der Waals surface area contributed by atoms with Crippen LogP contribution in [-0.4, -0.2) is 35.9 Å². The van der Waals surface area contributed by atoms with E-state index in [-0.39, 0.29) is 17.4 Å². The summed E-state index contributed by atoms with van der Waals surface area (Å²) in [6, 6.07) is 0.421. The van der Waals surface area contributed by atoms with Gasteiger partial charge in [0.1, 0.15) is 5.82 Å². The average Bonchev–Trinajstić information content (AvgIpc) is 2.68. The van der Waals surface area contributed by atoms with E-state index in [4.69, 9.17) is 0 Å². The van der Waals surface area contributed by atoms with Crippen molar-refractivity contribution in [2.45, 2.75) is 38.8 Å². The quantitative estimate of drug-likeness (QED) is 0.878. The van der Waals surface area contributed by atoms with Crippen LogP contribution in [0.5, 0.6) is 0 Å². The zero-order chi connectivity index (χ0) is 13.2. The molecule has 1 aromatic heterocycles. The molecule has 1 aliphatic rings. The van der Waals surface area contributed by atoms with Gasteiger partial charge in [-0.1, -0.05) is 13.8 Å². The highest BCUT2D eigenvalue weighted by molar-refractivity contribution is 7.91. The standard InChI is InChI=1S/C12H19N3O2S/c1-9(2)13-5-10-6-14-12(15-7-10)11-3-4-18(16,17)8-11/h6-7,9,11,13H,3-5,8H2,1-2H3. The van der Waals surface area contributed by atoms with Gasteiger partial charge in [0.05, 0.1) is 11.5 Å². The third-order valence-electron chi connectivity index (χ3n) is 3.04. The molecule has 0 aromatic carbocycles. The van der Waals surface area contributed by atoms with Crippen molar-refractivity contribution >= 4 is 9.84 Å². The van der Waals surface area contributed by atoms with Crippen LogP contribution in [0.1, 0.15) is 37.6 Å². The number of sulfone groups is 1. The van der Waals surface area contributed by atoms with E-state index in [2.05, 4.69) is 29.1 Å². The Hall–Kier alpha value is -1.01. The minimum atomic E-state index is -2.87. The summed E-state index contributed by atoms with van der Waals surface area (Å²) in [7, 11) is -2.87. The number of nitrogens with one attached hydrogen (secondary N) is 1. The first-order valence-electron chi connectivity index (χ1n) is 6.21. The van der Waals surface area contributed by atoms with Crippen LogP contribution >= 0.6 is 0 Å². The van der Waals surface area contributed by atoms with E-state index < -0.39 is 9.84 Å². The average molecular weight is 269 g/mol. The van der Waals surface area contributed by atoms with Crippen LogP contribution in [-0.2, 0) is 16.4 Å². The van der Waals surface area contributed by atoms with Crippen molar-refractivity contribution < 1.29 is 8.42 Å². The summed E-state index contributed by atoms with van der Waals surface area (Å²) in [5.41, 5.74) is 1.02. The Balaban J connectivity index is 2.00. The fraction of sp³-hybridized carbons (Fsp3) is 0.667. The summed E-state index contributed by atoms with van der Waals surface area (Å²) < 4.78 is 22.8. The molecule has 1 unspecified atom stereocenters. The highest BCUT2D eigenvalue weighted by atomic mass is 32.2. The normalized spacial score (nSPS) is 22.5. The molecule has 100 valence electrons. The van der Waals surface area contributed by atoms with Gasteiger partial charge in [0, 0.05) is 36.5 Å². The number of hydrogen-bond donors (Lipinski definition) is 1. The first-order valence-corrected chi connectivity index (χ1v) is 8.03. The molecule has 1 aliphatic heterocycles. The molecule has 0 saturated carbocycles. The predicted octanol–water partition coefficient (Wildman–Crippen LogP) is 0.877. The topological polar surface area (TPSA) is 72.0 Å². The van der Waals surface area contributed by atoms with Gasteiger partial charge in [-0.15, -0.1) is 0 Å². The lowest BCUT2D eigenvalue weighted by Crippen LogP contribution is -2.22. The van der Waals surface area contributed by atoms with E-state index in [1.54, 1.807) is 12.4 Å². The van der Waals surface area contributed by atoms with Crippen LogP contribution in [0.3, 0.4) is 0 Å². The van der Waals surface area contributed by atoms with E-state index in [1.807, 2.05) is 0 Å². The number of rotatable bonds is 4. The monoisotopic (exact) mass is 269 g/mol. The van der Waals surface area contributed by atoms with Crippen molar-refractivity contribution in [2.24, 2.45) is 0 Å². The molecule has 1 atom stereocenters. The van der Waals surface area contributed by atoms with Gasteiger partial charge in [-0.05, 0) is 6.42 Å². The fourth-order valence-corrected chi connectivity index (χ4v) is 3.73. The first-order chi connectivity index (χ1) is 8.46. The summed E-state index contributed by atoms with van der Waals surface area (Å²) in [6.07, 6.45) is 4.21. The Kier molecular flexibility index (Phi) is 3.97. The minimum absolute atomic E-state index is 0.0258. The zero-order valence-corrected chi connectivity index (χ0v) is 11.6. The fourth-order valence-electron chi connectivity index (χ4n) is 1.99. The second kappa shape index (κ2) is 5.32. The van der Waals surface area contributed by atoms with Crippen molar-refractivity contribution in [2.75, 3.05) is 11.5 Å². The third kappa shape index (κ3) is 3.49. The molecule has 1 N–H and O–H groups in total. The highest BCUT2D eigenvalue weighted by Gasteiger charge is 2.30. The second-order valence-corrected chi connectivity index (χ2v) is 7.31. The number of aromatic nitrogens is 2. The maximum atomic E-state index is 11.4. The summed E-state index contributed by atoms with van der Waals surface area (Å²) in [6.45, 7) is 4.90. The van der Waals surface area contributed by atoms with Gasteiger partial charge in [-0.25, -0.2) is 18.4 Å². The Morgan fingerprint density at radius 1 is 1.39 bits per heavy atom. The molecule has 5 nitrogen and oxygen atoms in total. The van der Waals surface area contributed by atoms with E-state index >= 15 is 0 Å². The summed E-state index contributed by atoms with van der Waals surface area (Å²) >= 11 is 0. The summed E-state index contributed by atoms with van der Waals surface area (Å²) in [4.78, 5) is 8.58. The molecule has 0 spiro atoms. The molecule has 6 heteroatoms. The van der Waals surface area contributed by atoms with Crippen LogP contribution in [0.2, 0.25) is 0 Å². The lowest BCUT2D eigenvalue weighted by molar-refractivity contribution is 0.584. The smallest absolute Gasteiger partial charge is 0.151 e. The van der Waals surface area contributed by atoms with Gasteiger partial charge < -0.3 is 5.32 Å². The van der Waals surface area contributed by atoms with Crippen LogP contribution in [0, 0.1) is 0 Å². The zero-order valence-electron chi connectivity index (χ0n) is 10.8. The first kappa shape index (κ1) is 13.4. The third-order valence-corrected chi connectivity index (χ3v) is 4.81. The molecular formula is C12H19N3O2S. The minimum Gasteiger partial charge on any atom is -0.310 e. The molecule has 0 amide bonds. The number of hydrogen-bond acceptors (Lipinski definition) is 5. The molecule has 0 radical (unpaired) electrons. The van der Waals surface area contributed by atoms with E-state index in [0.29, 0.717) is 18.3 Å². The SMILES string of the molecule is CC(C)NCc1cnc(C2CCS(=O)(=O)C2)nc1. The lowest BCUT2D eigenvalue weighted by atomic mass is 10.1. The molecule has 0 bridgehead atoms. The van der Waals surface area contributed by atoms with E-state index in [1.165, 1.54) is 0 Å². The largest absolute Gasteiger partial charge is 0.310 e. The van der Waals surface area contributed by atoms with Crippen molar-refractivity contribution in [3.63, 3.8) is 0 Å². The van der Waals surface area contributed by atoms with Gasteiger partial charge in [-0.2, -0.15) is 0 Å². The Bertz CT molecular complexity index is 497. The molecular weight excluding hydrogens is 250 g/mol. The van der Waals surface area contributed by atoms with Gasteiger partial charge in [0.2, 0.25) is 0 Å². The molecule has 2 rings (SSSR count). The van der Waals surface area contributed by atoms with Crippen LogP contribution in [0.15, 0.2) is 12.4 Å². The predicted molar refractivity (Wildman–Crippen MR) is 70.0 cm³/mol. The van der Waals surface area contributed by atoms with Crippen molar-refractivity contribution in [3.8, 4) is 0 Å². The maximum absolute atomic E-state index is 11.4. The maximum Gasteiger partial charge on any atom is 0.151 e.